The van der Waals surface area contributed by atoms with E-state index in [-0.39, 0.29) is 19.3 Å². The van der Waals surface area contributed by atoms with Crippen LogP contribution in [-0.4, -0.2) is 22.9 Å². The Bertz CT molecular complexity index is 712. The first kappa shape index (κ1) is 17.2. The van der Waals surface area contributed by atoms with Crippen molar-refractivity contribution in [1.82, 2.24) is 10.9 Å². The third-order valence-electron chi connectivity index (χ3n) is 3.36. The molecule has 0 spiro atoms. The molecule has 0 fully saturated rings. The summed E-state index contributed by atoms with van der Waals surface area (Å²) >= 11 is 0. The van der Waals surface area contributed by atoms with Crippen molar-refractivity contribution in [2.24, 2.45) is 0 Å². The molecule has 0 atom stereocenters. The molecule has 3 N–H and O–H groups in total. The fourth-order valence-electron chi connectivity index (χ4n) is 2.11. The van der Waals surface area contributed by atoms with Crippen LogP contribution in [0.15, 0.2) is 54.6 Å². The van der Waals surface area contributed by atoms with Gasteiger partial charge in [0.25, 0.3) is 5.91 Å². The van der Waals surface area contributed by atoms with Crippen LogP contribution < -0.4 is 10.9 Å². The van der Waals surface area contributed by atoms with E-state index in [0.717, 1.165) is 11.1 Å². The molecule has 2 aromatic rings. The Morgan fingerprint density at radius 1 is 0.792 bits per heavy atom. The van der Waals surface area contributed by atoms with Gasteiger partial charge in [-0.3, -0.25) is 25.2 Å². The highest BCUT2D eigenvalue weighted by atomic mass is 16.4. The SMILES string of the molecule is O=C(O)CCCC(=O)NNC(=O)c1ccc(-c2ccccc2)cc1. The molecule has 2 amide bonds. The summed E-state index contributed by atoms with van der Waals surface area (Å²) in [4.78, 5) is 33.8. The van der Waals surface area contributed by atoms with Crippen LogP contribution in [0.5, 0.6) is 0 Å². The third kappa shape index (κ3) is 5.24. The first-order valence-electron chi connectivity index (χ1n) is 7.53. The summed E-state index contributed by atoms with van der Waals surface area (Å²) < 4.78 is 0. The number of carboxylic acids is 1. The van der Waals surface area contributed by atoms with Gasteiger partial charge in [-0.15, -0.1) is 0 Å². The number of hydrazine groups is 1. The lowest BCUT2D eigenvalue weighted by molar-refractivity contribution is -0.137. The first-order chi connectivity index (χ1) is 11.6. The quantitative estimate of drug-likeness (QED) is 0.710. The molecular formula is C18H18N2O4. The Kier molecular flexibility index (Phi) is 6.08. The number of hydrogen-bond donors (Lipinski definition) is 3. The number of nitrogens with one attached hydrogen (secondary N) is 2. The van der Waals surface area contributed by atoms with Gasteiger partial charge < -0.3 is 5.11 Å². The van der Waals surface area contributed by atoms with Crippen molar-refractivity contribution in [1.29, 1.82) is 0 Å². The lowest BCUT2D eigenvalue weighted by atomic mass is 10.0. The van der Waals surface area contributed by atoms with Gasteiger partial charge in [0.05, 0.1) is 0 Å². The van der Waals surface area contributed by atoms with E-state index in [1.807, 2.05) is 42.5 Å². The van der Waals surface area contributed by atoms with Gasteiger partial charge >= 0.3 is 5.97 Å². The summed E-state index contributed by atoms with van der Waals surface area (Å²) in [6, 6.07) is 16.8. The highest BCUT2D eigenvalue weighted by Gasteiger charge is 2.08. The van der Waals surface area contributed by atoms with Crippen molar-refractivity contribution < 1.29 is 19.5 Å². The summed E-state index contributed by atoms with van der Waals surface area (Å²) in [6.45, 7) is 0. The van der Waals surface area contributed by atoms with Crippen LogP contribution in [-0.2, 0) is 9.59 Å². The molecule has 124 valence electrons. The van der Waals surface area contributed by atoms with E-state index >= 15 is 0 Å². The molecule has 0 unspecified atom stereocenters. The van der Waals surface area contributed by atoms with E-state index < -0.39 is 17.8 Å². The average Bonchev–Trinajstić information content (AvgIpc) is 2.60. The zero-order valence-electron chi connectivity index (χ0n) is 13.0. The number of amides is 2. The van der Waals surface area contributed by atoms with Crippen LogP contribution in [0.3, 0.4) is 0 Å². The molecule has 2 aromatic carbocycles. The second-order valence-corrected chi connectivity index (χ2v) is 5.19. The Balaban J connectivity index is 1.84. The van der Waals surface area contributed by atoms with Crippen molar-refractivity contribution in [2.75, 3.05) is 0 Å². The topological polar surface area (TPSA) is 95.5 Å². The Morgan fingerprint density at radius 3 is 2.04 bits per heavy atom. The number of rotatable bonds is 6. The van der Waals surface area contributed by atoms with Gasteiger partial charge in [-0.05, 0) is 29.7 Å². The third-order valence-corrected chi connectivity index (χ3v) is 3.36. The second kappa shape index (κ2) is 8.47. The molecule has 0 saturated carbocycles. The molecule has 24 heavy (non-hydrogen) atoms. The van der Waals surface area contributed by atoms with Crippen molar-refractivity contribution in [3.8, 4) is 11.1 Å². The first-order valence-corrected chi connectivity index (χ1v) is 7.53. The predicted octanol–water partition coefficient (Wildman–Crippen LogP) is 2.37. The molecule has 6 heteroatoms. The van der Waals surface area contributed by atoms with E-state index in [4.69, 9.17) is 5.11 Å². The molecule has 0 saturated heterocycles. The molecule has 0 radical (unpaired) electrons. The lowest BCUT2D eigenvalue weighted by Gasteiger charge is -2.08. The fourth-order valence-corrected chi connectivity index (χ4v) is 2.11. The second-order valence-electron chi connectivity index (χ2n) is 5.19. The van der Waals surface area contributed by atoms with Crippen molar-refractivity contribution in [3.05, 3.63) is 60.2 Å². The van der Waals surface area contributed by atoms with Crippen molar-refractivity contribution in [3.63, 3.8) is 0 Å². The largest absolute Gasteiger partial charge is 0.481 e. The Hall–Kier alpha value is -3.15. The zero-order chi connectivity index (χ0) is 17.4. The lowest BCUT2D eigenvalue weighted by Crippen LogP contribution is -2.41. The summed E-state index contributed by atoms with van der Waals surface area (Å²) in [5, 5.41) is 8.50. The minimum atomic E-state index is -0.953. The molecule has 0 aliphatic heterocycles. The van der Waals surface area contributed by atoms with E-state index in [2.05, 4.69) is 10.9 Å². The predicted molar refractivity (Wildman–Crippen MR) is 89.0 cm³/mol. The average molecular weight is 326 g/mol. The highest BCUT2D eigenvalue weighted by Crippen LogP contribution is 2.19. The van der Waals surface area contributed by atoms with Gasteiger partial charge in [0.2, 0.25) is 5.91 Å². The van der Waals surface area contributed by atoms with Crippen LogP contribution in [0.25, 0.3) is 11.1 Å². The smallest absolute Gasteiger partial charge is 0.303 e. The monoisotopic (exact) mass is 326 g/mol. The van der Waals surface area contributed by atoms with Gasteiger partial charge in [0.1, 0.15) is 0 Å². The number of hydrogen-bond acceptors (Lipinski definition) is 3. The number of aliphatic carboxylic acids is 1. The summed E-state index contributed by atoms with van der Waals surface area (Å²) in [7, 11) is 0. The molecule has 6 nitrogen and oxygen atoms in total. The van der Waals surface area contributed by atoms with E-state index in [1.165, 1.54) is 0 Å². The van der Waals surface area contributed by atoms with Gasteiger partial charge in [-0.25, -0.2) is 0 Å². The normalized spacial score (nSPS) is 10.0. The molecule has 0 aliphatic carbocycles. The summed E-state index contributed by atoms with van der Waals surface area (Å²) in [5.41, 5.74) is 7.04. The molecule has 0 heterocycles. The molecular weight excluding hydrogens is 308 g/mol. The number of carbonyl (C=O) groups is 3. The number of carboxylic acid groups (broad SMARTS) is 1. The van der Waals surface area contributed by atoms with E-state index in [9.17, 15) is 14.4 Å². The molecule has 2 rings (SSSR count). The van der Waals surface area contributed by atoms with Crippen LogP contribution in [0.4, 0.5) is 0 Å². The minimum Gasteiger partial charge on any atom is -0.481 e. The van der Waals surface area contributed by atoms with Crippen LogP contribution in [0, 0.1) is 0 Å². The molecule has 0 aromatic heterocycles. The van der Waals surface area contributed by atoms with Gasteiger partial charge in [-0.2, -0.15) is 0 Å². The van der Waals surface area contributed by atoms with Crippen LogP contribution in [0.2, 0.25) is 0 Å². The van der Waals surface area contributed by atoms with Crippen molar-refractivity contribution >= 4 is 17.8 Å². The molecule has 0 aliphatic rings. The minimum absolute atomic E-state index is 0.0412. The van der Waals surface area contributed by atoms with Gasteiger partial charge in [-0.1, -0.05) is 42.5 Å². The Labute approximate surface area is 139 Å². The number of benzene rings is 2. The van der Waals surface area contributed by atoms with Crippen molar-refractivity contribution in [2.45, 2.75) is 19.3 Å². The standard InChI is InChI=1S/C18H18N2O4/c21-16(7-4-8-17(22)23)19-20-18(24)15-11-9-14(10-12-15)13-5-2-1-3-6-13/h1-3,5-6,9-12H,4,7-8H2,(H,19,21)(H,20,24)(H,22,23). The maximum absolute atomic E-state index is 12.0. The maximum atomic E-state index is 12.0. The summed E-state index contributed by atoms with van der Waals surface area (Å²) in [5.74, 6) is -1.81. The van der Waals surface area contributed by atoms with Gasteiger partial charge in [0.15, 0.2) is 0 Å². The highest BCUT2D eigenvalue weighted by molar-refractivity contribution is 5.95. The maximum Gasteiger partial charge on any atom is 0.303 e. The van der Waals surface area contributed by atoms with E-state index in [0.29, 0.717) is 5.56 Å². The number of carbonyl (C=O) groups excluding carboxylic acids is 2. The fraction of sp³-hybridized carbons (Fsp3) is 0.167. The molecule has 0 bridgehead atoms. The van der Waals surface area contributed by atoms with E-state index in [1.54, 1.807) is 12.1 Å². The Morgan fingerprint density at radius 2 is 1.42 bits per heavy atom. The van der Waals surface area contributed by atoms with Crippen LogP contribution >= 0.6 is 0 Å². The van der Waals surface area contributed by atoms with Crippen LogP contribution in [0.1, 0.15) is 29.6 Å². The summed E-state index contributed by atoms with van der Waals surface area (Å²) in [6.07, 6.45) is 0.185. The van der Waals surface area contributed by atoms with Gasteiger partial charge in [0, 0.05) is 18.4 Å². The zero-order valence-corrected chi connectivity index (χ0v) is 13.0.